The van der Waals surface area contributed by atoms with Gasteiger partial charge in [0.05, 0.1) is 30.5 Å². The van der Waals surface area contributed by atoms with Crippen LogP contribution < -0.4 is 4.90 Å². The summed E-state index contributed by atoms with van der Waals surface area (Å²) >= 11 is 0. The molecule has 1 saturated heterocycles. The molecule has 0 saturated carbocycles. The molecular formula is C35H47FN4O4. The molecular weight excluding hydrogens is 559 g/mol. The van der Waals surface area contributed by atoms with E-state index >= 15 is 0 Å². The first-order valence-corrected chi connectivity index (χ1v) is 15.4. The quantitative estimate of drug-likeness (QED) is 0.229. The molecule has 2 aromatic heterocycles. The number of anilines is 2. The molecule has 1 aromatic carbocycles. The Hall–Kier alpha value is -3.56. The first-order valence-electron chi connectivity index (χ1n) is 15.4. The van der Waals surface area contributed by atoms with Crippen molar-refractivity contribution in [1.29, 1.82) is 0 Å². The lowest BCUT2D eigenvalue weighted by atomic mass is 9.90. The Balaban J connectivity index is 1.78. The Bertz CT molecular complexity index is 1490. The molecule has 44 heavy (non-hydrogen) atoms. The number of nitrogens with zero attached hydrogens (tertiary/aromatic N) is 4. The third-order valence-corrected chi connectivity index (χ3v) is 7.49. The monoisotopic (exact) mass is 606 g/mol. The lowest BCUT2D eigenvalue weighted by Gasteiger charge is -2.40. The minimum Gasteiger partial charge on any atom is -0.460 e. The first kappa shape index (κ1) is 33.3. The van der Waals surface area contributed by atoms with Gasteiger partial charge in [0, 0.05) is 37.2 Å². The van der Waals surface area contributed by atoms with E-state index in [1.807, 2.05) is 70.6 Å². The Morgan fingerprint density at radius 3 is 2.50 bits per heavy atom. The van der Waals surface area contributed by atoms with Crippen LogP contribution in [0.2, 0.25) is 0 Å². The number of aryl methyl sites for hydroxylation is 1. The molecule has 8 nitrogen and oxygen atoms in total. The molecule has 238 valence electrons. The second-order valence-corrected chi connectivity index (χ2v) is 13.1. The van der Waals surface area contributed by atoms with Gasteiger partial charge in [-0.15, -0.1) is 0 Å². The summed E-state index contributed by atoms with van der Waals surface area (Å²) < 4.78 is 33.9. The summed E-state index contributed by atoms with van der Waals surface area (Å²) in [5.41, 5.74) is 4.11. The van der Waals surface area contributed by atoms with Crippen molar-refractivity contribution in [3.63, 3.8) is 0 Å². The van der Waals surface area contributed by atoms with Gasteiger partial charge in [-0.2, -0.15) is 5.10 Å². The topological polar surface area (TPSA) is 78.7 Å². The molecule has 0 radical (unpaired) electrons. The highest BCUT2D eigenvalue weighted by Gasteiger charge is 2.36. The number of ether oxygens (including phenoxy) is 3. The van der Waals surface area contributed by atoms with Gasteiger partial charge in [0.2, 0.25) is 0 Å². The third-order valence-electron chi connectivity index (χ3n) is 7.49. The largest absolute Gasteiger partial charge is 0.460 e. The van der Waals surface area contributed by atoms with Crippen molar-refractivity contribution in [3.05, 3.63) is 65.2 Å². The van der Waals surface area contributed by atoms with Gasteiger partial charge in [-0.25, -0.2) is 14.1 Å². The van der Waals surface area contributed by atoms with Crippen LogP contribution in [0.1, 0.15) is 91.0 Å². The van der Waals surface area contributed by atoms with E-state index in [-0.39, 0.29) is 36.3 Å². The van der Waals surface area contributed by atoms with E-state index in [0.717, 1.165) is 46.1 Å². The molecule has 4 rings (SSSR count). The van der Waals surface area contributed by atoms with Crippen LogP contribution in [0, 0.1) is 12.7 Å². The van der Waals surface area contributed by atoms with Crippen LogP contribution in [0.4, 0.5) is 16.0 Å². The summed E-state index contributed by atoms with van der Waals surface area (Å²) in [4.78, 5) is 19.9. The van der Waals surface area contributed by atoms with E-state index in [1.165, 1.54) is 12.1 Å². The fourth-order valence-corrected chi connectivity index (χ4v) is 5.75. The summed E-state index contributed by atoms with van der Waals surface area (Å²) in [5.74, 6) is 0.349. The van der Waals surface area contributed by atoms with Crippen molar-refractivity contribution in [3.8, 4) is 11.1 Å². The maximum Gasteiger partial charge on any atom is 0.308 e. The number of carbonyl (C=O) groups excluding carboxylic acids is 1. The predicted octanol–water partition coefficient (Wildman–Crippen LogP) is 7.96. The van der Waals surface area contributed by atoms with Crippen molar-refractivity contribution in [2.45, 2.75) is 111 Å². The van der Waals surface area contributed by atoms with Gasteiger partial charge >= 0.3 is 5.97 Å². The van der Waals surface area contributed by atoms with Crippen LogP contribution in [0.15, 0.2) is 42.6 Å². The average molecular weight is 607 g/mol. The zero-order valence-electron chi connectivity index (χ0n) is 27.8. The summed E-state index contributed by atoms with van der Waals surface area (Å²) in [6, 6.07) is 8.56. The number of rotatable bonds is 9. The lowest BCUT2D eigenvalue weighted by molar-refractivity contribution is -0.290. The lowest BCUT2D eigenvalue weighted by Crippen LogP contribution is -2.45. The van der Waals surface area contributed by atoms with Crippen LogP contribution >= 0.6 is 0 Å². The van der Waals surface area contributed by atoms with Crippen molar-refractivity contribution in [1.82, 2.24) is 14.8 Å². The highest BCUT2D eigenvalue weighted by molar-refractivity contribution is 5.84. The summed E-state index contributed by atoms with van der Waals surface area (Å²) in [7, 11) is 2.00. The third kappa shape index (κ3) is 7.93. The van der Waals surface area contributed by atoms with Crippen molar-refractivity contribution in [2.24, 2.45) is 0 Å². The van der Waals surface area contributed by atoms with Crippen LogP contribution in [-0.4, -0.2) is 51.4 Å². The molecule has 0 unspecified atom stereocenters. The van der Waals surface area contributed by atoms with Crippen molar-refractivity contribution < 1.29 is 23.4 Å². The van der Waals surface area contributed by atoms with E-state index in [9.17, 15) is 9.18 Å². The highest BCUT2D eigenvalue weighted by Crippen LogP contribution is 2.40. The summed E-state index contributed by atoms with van der Waals surface area (Å²) in [5, 5.41) is 4.45. The average Bonchev–Trinajstić information content (AvgIpc) is 3.39. The van der Waals surface area contributed by atoms with Gasteiger partial charge in [0.1, 0.15) is 23.1 Å². The SMILES string of the molecule is CCn1nccc1N(C)c1nc(C(C)C)c(C=C[C@@H]2C[C@H](CC(=O)OC(C)(C)C)OC(C)(C)O2)c(-c2ccc(F)cc2)c1C. The van der Waals surface area contributed by atoms with Gasteiger partial charge in [-0.1, -0.05) is 38.1 Å². The number of benzene rings is 1. The Kier molecular flexibility index (Phi) is 10.0. The number of aromatic nitrogens is 3. The summed E-state index contributed by atoms with van der Waals surface area (Å²) in [6.45, 7) is 18.4. The minimum absolute atomic E-state index is 0.0876. The Morgan fingerprint density at radius 1 is 1.20 bits per heavy atom. The van der Waals surface area contributed by atoms with Crippen molar-refractivity contribution in [2.75, 3.05) is 11.9 Å². The molecule has 0 amide bonds. The van der Waals surface area contributed by atoms with Gasteiger partial charge < -0.3 is 19.1 Å². The number of pyridine rings is 1. The zero-order valence-corrected chi connectivity index (χ0v) is 27.8. The smallest absolute Gasteiger partial charge is 0.308 e. The molecule has 0 bridgehead atoms. The minimum atomic E-state index is -0.885. The van der Waals surface area contributed by atoms with Crippen LogP contribution in [0.25, 0.3) is 17.2 Å². The second-order valence-electron chi connectivity index (χ2n) is 13.1. The molecule has 9 heteroatoms. The maximum absolute atomic E-state index is 14.1. The summed E-state index contributed by atoms with van der Waals surface area (Å²) in [6.07, 6.45) is 5.84. The van der Waals surface area contributed by atoms with Crippen LogP contribution in [-0.2, 0) is 25.5 Å². The van der Waals surface area contributed by atoms with Gasteiger partial charge in [0.25, 0.3) is 0 Å². The van der Waals surface area contributed by atoms with E-state index in [1.54, 1.807) is 6.20 Å². The molecule has 3 aromatic rings. The van der Waals surface area contributed by atoms with Gasteiger partial charge in [-0.05, 0) is 77.6 Å². The number of carbonyl (C=O) groups is 1. The fourth-order valence-electron chi connectivity index (χ4n) is 5.75. The second kappa shape index (κ2) is 13.2. The van der Waals surface area contributed by atoms with Crippen LogP contribution in [0.5, 0.6) is 0 Å². The highest BCUT2D eigenvalue weighted by atomic mass is 19.1. The first-order chi connectivity index (χ1) is 20.6. The fraction of sp³-hybridized carbons (Fsp3) is 0.514. The molecule has 0 aliphatic carbocycles. The zero-order chi connectivity index (χ0) is 32.4. The van der Waals surface area contributed by atoms with E-state index in [4.69, 9.17) is 19.2 Å². The van der Waals surface area contributed by atoms with E-state index < -0.39 is 11.4 Å². The Morgan fingerprint density at radius 2 is 1.89 bits per heavy atom. The van der Waals surface area contributed by atoms with Gasteiger partial charge in [-0.3, -0.25) is 4.79 Å². The number of esters is 1. The van der Waals surface area contributed by atoms with E-state index in [2.05, 4.69) is 43.8 Å². The molecule has 1 fully saturated rings. The maximum atomic E-state index is 14.1. The number of hydrogen-bond acceptors (Lipinski definition) is 7. The molecule has 1 aliphatic rings. The molecule has 1 aliphatic heterocycles. The van der Waals surface area contributed by atoms with Gasteiger partial charge in [0.15, 0.2) is 5.79 Å². The van der Waals surface area contributed by atoms with Crippen LogP contribution in [0.3, 0.4) is 0 Å². The standard InChI is InChI=1S/C35H47FN4O4/c1-11-40-29(18-19-37-40)39(10)33-23(4)31(24-12-14-25(36)15-13-24)28(32(38-33)22(2)3)17-16-26-20-27(43-35(8,9)42-26)21-30(41)44-34(5,6)7/h12-19,22,26-27H,11,20-21H2,1-10H3/t26-,27-/m1/s1. The molecule has 2 atom stereocenters. The predicted molar refractivity (Wildman–Crippen MR) is 172 cm³/mol. The molecule has 0 spiro atoms. The Labute approximate surface area is 261 Å². The molecule has 3 heterocycles. The number of hydrogen-bond donors (Lipinski definition) is 0. The molecule has 0 N–H and O–H groups in total. The van der Waals surface area contributed by atoms with E-state index in [0.29, 0.717) is 6.42 Å². The normalized spacial score (nSPS) is 18.6. The van der Waals surface area contributed by atoms with Crippen molar-refractivity contribution >= 4 is 23.7 Å². The number of halogens is 1.